The first-order valence-electron chi connectivity index (χ1n) is 7.00. The molecule has 2 aliphatic heterocycles. The Morgan fingerprint density at radius 3 is 2.62 bits per heavy atom. The lowest BCUT2D eigenvalue weighted by atomic mass is 10.2. The van der Waals surface area contributed by atoms with E-state index in [1.54, 1.807) is 41.0 Å². The molecular formula is C15H16N2O4. The van der Waals surface area contributed by atoms with Gasteiger partial charge in [0.05, 0.1) is 12.2 Å². The topological polar surface area (TPSA) is 66.9 Å². The Morgan fingerprint density at radius 2 is 1.95 bits per heavy atom. The number of fused-ring (bicyclic) bond motifs is 1. The number of hydrogen-bond donors (Lipinski definition) is 0. The monoisotopic (exact) mass is 288 g/mol. The van der Waals surface area contributed by atoms with E-state index in [0.29, 0.717) is 30.7 Å². The Morgan fingerprint density at radius 1 is 1.24 bits per heavy atom. The second kappa shape index (κ2) is 5.20. The number of anilines is 1. The van der Waals surface area contributed by atoms with Crippen LogP contribution in [-0.4, -0.2) is 42.0 Å². The van der Waals surface area contributed by atoms with Crippen molar-refractivity contribution in [2.75, 3.05) is 18.1 Å². The summed E-state index contributed by atoms with van der Waals surface area (Å²) < 4.78 is 4.93. The van der Waals surface area contributed by atoms with Crippen molar-refractivity contribution in [3.8, 4) is 0 Å². The fourth-order valence-corrected chi connectivity index (χ4v) is 2.86. The standard InChI is InChI=1S/C15H16N2O4/c1-2-21-15(20)10-3-5-11(6-4-10)17-12-7-8-13(18)16(12)9-14(17)19/h3-6,12H,2,7-9H2,1H3. The van der Waals surface area contributed by atoms with Crippen molar-refractivity contribution >= 4 is 23.5 Å². The van der Waals surface area contributed by atoms with E-state index < -0.39 is 0 Å². The molecule has 1 aromatic rings. The highest BCUT2D eigenvalue weighted by Crippen LogP contribution is 2.32. The quantitative estimate of drug-likeness (QED) is 0.783. The van der Waals surface area contributed by atoms with Crippen molar-refractivity contribution in [1.82, 2.24) is 4.90 Å². The highest BCUT2D eigenvalue weighted by atomic mass is 16.5. The molecule has 2 amide bonds. The molecule has 0 saturated carbocycles. The number of ether oxygens (including phenoxy) is 1. The number of hydrogen-bond acceptors (Lipinski definition) is 4. The molecule has 2 aliphatic rings. The van der Waals surface area contributed by atoms with Gasteiger partial charge in [0.15, 0.2) is 0 Å². The summed E-state index contributed by atoms with van der Waals surface area (Å²) in [5, 5.41) is 0. The fraction of sp³-hybridized carbons (Fsp3) is 0.400. The molecule has 2 saturated heterocycles. The van der Waals surface area contributed by atoms with Crippen LogP contribution in [0.5, 0.6) is 0 Å². The largest absolute Gasteiger partial charge is 0.462 e. The van der Waals surface area contributed by atoms with E-state index in [9.17, 15) is 14.4 Å². The maximum atomic E-state index is 12.1. The zero-order valence-electron chi connectivity index (χ0n) is 11.7. The molecule has 0 aromatic heterocycles. The van der Waals surface area contributed by atoms with Crippen LogP contribution in [0.15, 0.2) is 24.3 Å². The van der Waals surface area contributed by atoms with Crippen molar-refractivity contribution in [3.63, 3.8) is 0 Å². The lowest BCUT2D eigenvalue weighted by Gasteiger charge is -2.24. The Bertz CT molecular complexity index is 596. The molecule has 3 rings (SSSR count). The van der Waals surface area contributed by atoms with E-state index in [1.807, 2.05) is 0 Å². The summed E-state index contributed by atoms with van der Waals surface area (Å²) in [6.07, 6.45) is 0.956. The first-order valence-corrected chi connectivity index (χ1v) is 7.00. The van der Waals surface area contributed by atoms with Crippen molar-refractivity contribution in [2.45, 2.75) is 25.9 Å². The highest BCUT2D eigenvalue weighted by molar-refractivity contribution is 6.02. The van der Waals surface area contributed by atoms with Crippen LogP contribution in [0.2, 0.25) is 0 Å². The lowest BCUT2D eigenvalue weighted by Crippen LogP contribution is -2.36. The predicted octanol–water partition coefficient (Wildman–Crippen LogP) is 1.16. The normalized spacial score (nSPS) is 20.9. The number of benzene rings is 1. The van der Waals surface area contributed by atoms with Crippen LogP contribution in [-0.2, 0) is 14.3 Å². The van der Waals surface area contributed by atoms with Crippen LogP contribution >= 0.6 is 0 Å². The molecular weight excluding hydrogens is 272 g/mol. The zero-order chi connectivity index (χ0) is 15.0. The summed E-state index contributed by atoms with van der Waals surface area (Å²) in [6, 6.07) is 6.72. The van der Waals surface area contributed by atoms with Gasteiger partial charge in [0.25, 0.3) is 0 Å². The first-order chi connectivity index (χ1) is 10.1. The van der Waals surface area contributed by atoms with E-state index in [2.05, 4.69) is 0 Å². The Kier molecular flexibility index (Phi) is 3.37. The number of amides is 2. The second-order valence-electron chi connectivity index (χ2n) is 5.07. The van der Waals surface area contributed by atoms with Crippen molar-refractivity contribution in [3.05, 3.63) is 29.8 Å². The molecule has 0 aliphatic carbocycles. The molecule has 0 radical (unpaired) electrons. The number of carbonyl (C=O) groups excluding carboxylic acids is 3. The fourth-order valence-electron chi connectivity index (χ4n) is 2.86. The van der Waals surface area contributed by atoms with Gasteiger partial charge in [0.2, 0.25) is 11.8 Å². The summed E-state index contributed by atoms with van der Waals surface area (Å²) in [4.78, 5) is 38.6. The highest BCUT2D eigenvalue weighted by Gasteiger charge is 2.45. The molecule has 1 atom stereocenters. The van der Waals surface area contributed by atoms with E-state index in [4.69, 9.17) is 4.74 Å². The summed E-state index contributed by atoms with van der Waals surface area (Å²) in [6.45, 7) is 2.22. The van der Waals surface area contributed by atoms with E-state index in [1.165, 1.54) is 0 Å². The zero-order valence-corrected chi connectivity index (χ0v) is 11.7. The van der Waals surface area contributed by atoms with Gasteiger partial charge in [0.1, 0.15) is 12.7 Å². The second-order valence-corrected chi connectivity index (χ2v) is 5.07. The van der Waals surface area contributed by atoms with Gasteiger partial charge in [-0.15, -0.1) is 0 Å². The van der Waals surface area contributed by atoms with Crippen LogP contribution in [0, 0.1) is 0 Å². The third kappa shape index (κ3) is 2.26. The van der Waals surface area contributed by atoms with Crippen LogP contribution in [0.25, 0.3) is 0 Å². The van der Waals surface area contributed by atoms with Crippen LogP contribution in [0.3, 0.4) is 0 Å². The molecule has 1 unspecified atom stereocenters. The summed E-state index contributed by atoms with van der Waals surface area (Å²) in [5.41, 5.74) is 1.15. The third-order valence-corrected chi connectivity index (χ3v) is 3.83. The minimum Gasteiger partial charge on any atom is -0.462 e. The van der Waals surface area contributed by atoms with Crippen molar-refractivity contribution in [2.24, 2.45) is 0 Å². The summed E-state index contributed by atoms with van der Waals surface area (Å²) >= 11 is 0. The van der Waals surface area contributed by atoms with Crippen LogP contribution in [0.1, 0.15) is 30.1 Å². The molecule has 0 bridgehead atoms. The van der Waals surface area contributed by atoms with Gasteiger partial charge in [-0.2, -0.15) is 0 Å². The molecule has 2 heterocycles. The van der Waals surface area contributed by atoms with Gasteiger partial charge in [-0.05, 0) is 37.6 Å². The smallest absolute Gasteiger partial charge is 0.338 e. The number of esters is 1. The Hall–Kier alpha value is -2.37. The number of carbonyl (C=O) groups is 3. The molecule has 6 heteroatoms. The molecule has 110 valence electrons. The molecule has 21 heavy (non-hydrogen) atoms. The van der Waals surface area contributed by atoms with Crippen molar-refractivity contribution in [1.29, 1.82) is 0 Å². The molecule has 2 fully saturated rings. The van der Waals surface area contributed by atoms with Gasteiger partial charge in [0, 0.05) is 12.1 Å². The Labute approximate surface area is 122 Å². The molecule has 0 N–H and O–H groups in total. The number of rotatable bonds is 3. The lowest BCUT2D eigenvalue weighted by molar-refractivity contribution is -0.129. The SMILES string of the molecule is CCOC(=O)c1ccc(N2C(=O)CN3C(=O)CCC32)cc1. The van der Waals surface area contributed by atoms with Gasteiger partial charge in [-0.1, -0.05) is 0 Å². The molecule has 1 aromatic carbocycles. The Balaban J connectivity index is 1.82. The predicted molar refractivity (Wildman–Crippen MR) is 74.6 cm³/mol. The van der Waals surface area contributed by atoms with Gasteiger partial charge in [-0.25, -0.2) is 4.79 Å². The summed E-state index contributed by atoms with van der Waals surface area (Å²) in [7, 11) is 0. The average Bonchev–Trinajstić information content (AvgIpc) is 2.98. The third-order valence-electron chi connectivity index (χ3n) is 3.83. The maximum absolute atomic E-state index is 12.1. The minimum absolute atomic E-state index is 0.0268. The van der Waals surface area contributed by atoms with E-state index in [0.717, 1.165) is 0 Å². The van der Waals surface area contributed by atoms with Crippen molar-refractivity contribution < 1.29 is 19.1 Å². The van der Waals surface area contributed by atoms with Crippen LogP contribution < -0.4 is 4.90 Å². The molecule has 6 nitrogen and oxygen atoms in total. The van der Waals surface area contributed by atoms with Gasteiger partial charge >= 0.3 is 5.97 Å². The van der Waals surface area contributed by atoms with E-state index in [-0.39, 0.29) is 30.5 Å². The summed E-state index contributed by atoms with van der Waals surface area (Å²) in [5.74, 6) is -0.439. The number of nitrogens with zero attached hydrogens (tertiary/aromatic N) is 2. The average molecular weight is 288 g/mol. The van der Waals surface area contributed by atoms with Gasteiger partial charge in [-0.3, -0.25) is 14.5 Å². The van der Waals surface area contributed by atoms with E-state index >= 15 is 0 Å². The van der Waals surface area contributed by atoms with Gasteiger partial charge < -0.3 is 9.64 Å². The van der Waals surface area contributed by atoms with Crippen LogP contribution in [0.4, 0.5) is 5.69 Å². The molecule has 0 spiro atoms. The maximum Gasteiger partial charge on any atom is 0.338 e. The minimum atomic E-state index is -0.380. The first kappa shape index (κ1) is 13.6.